The van der Waals surface area contributed by atoms with Gasteiger partial charge in [-0.2, -0.15) is 5.26 Å². The molecule has 0 saturated heterocycles. The molecule has 0 aliphatic rings. The van der Waals surface area contributed by atoms with Gasteiger partial charge in [0, 0.05) is 11.3 Å². The molecule has 19 heavy (non-hydrogen) atoms. The zero-order valence-electron chi connectivity index (χ0n) is 10.1. The molecule has 0 saturated carbocycles. The lowest BCUT2D eigenvalue weighted by Crippen LogP contribution is -2.11. The Hall–Kier alpha value is -2.64. The lowest BCUT2D eigenvalue weighted by atomic mass is 10.1. The van der Waals surface area contributed by atoms with E-state index in [1.165, 1.54) is 0 Å². The lowest BCUT2D eigenvalue weighted by molar-refractivity contribution is 0.102. The molecule has 1 amide bonds. The van der Waals surface area contributed by atoms with Crippen LogP contribution < -0.4 is 5.32 Å². The number of aliphatic hydroxyl groups is 1. The van der Waals surface area contributed by atoms with Gasteiger partial charge in [-0.05, 0) is 42.0 Å². The van der Waals surface area contributed by atoms with E-state index in [1.807, 2.05) is 6.07 Å². The van der Waals surface area contributed by atoms with Gasteiger partial charge in [0.1, 0.15) is 0 Å². The van der Waals surface area contributed by atoms with Crippen molar-refractivity contribution in [2.45, 2.75) is 6.61 Å². The standard InChI is InChI=1S/C15H12N2O2/c16-9-11-4-6-13(7-5-11)15(19)17-14-3-1-2-12(8-14)10-18/h1-8,18H,10H2,(H,17,19). The fourth-order valence-corrected chi connectivity index (χ4v) is 1.65. The van der Waals surface area contributed by atoms with E-state index >= 15 is 0 Å². The average Bonchev–Trinajstić information content (AvgIpc) is 2.47. The van der Waals surface area contributed by atoms with Crippen molar-refractivity contribution >= 4 is 11.6 Å². The van der Waals surface area contributed by atoms with Crippen LogP contribution in [0.5, 0.6) is 0 Å². The van der Waals surface area contributed by atoms with Gasteiger partial charge in [-0.3, -0.25) is 4.79 Å². The summed E-state index contributed by atoms with van der Waals surface area (Å²) in [7, 11) is 0. The zero-order valence-corrected chi connectivity index (χ0v) is 10.1. The van der Waals surface area contributed by atoms with Crippen LogP contribution in [0.4, 0.5) is 5.69 Å². The highest BCUT2D eigenvalue weighted by atomic mass is 16.3. The number of carbonyl (C=O) groups is 1. The van der Waals surface area contributed by atoms with E-state index in [1.54, 1.807) is 48.5 Å². The molecule has 94 valence electrons. The number of hydrogen-bond acceptors (Lipinski definition) is 3. The van der Waals surface area contributed by atoms with Gasteiger partial charge in [0.15, 0.2) is 0 Å². The maximum atomic E-state index is 12.0. The van der Waals surface area contributed by atoms with Crippen molar-refractivity contribution in [1.82, 2.24) is 0 Å². The molecule has 0 fully saturated rings. The van der Waals surface area contributed by atoms with E-state index in [0.717, 1.165) is 5.56 Å². The van der Waals surface area contributed by atoms with Crippen molar-refractivity contribution in [2.24, 2.45) is 0 Å². The minimum atomic E-state index is -0.250. The van der Waals surface area contributed by atoms with Crippen LogP contribution in [0.3, 0.4) is 0 Å². The highest BCUT2D eigenvalue weighted by molar-refractivity contribution is 6.04. The van der Waals surface area contributed by atoms with Crippen LogP contribution in [0.25, 0.3) is 0 Å². The Morgan fingerprint density at radius 2 is 1.95 bits per heavy atom. The van der Waals surface area contributed by atoms with E-state index in [-0.39, 0.29) is 12.5 Å². The molecule has 0 unspecified atom stereocenters. The molecule has 2 aromatic rings. The minimum absolute atomic E-state index is 0.0689. The molecule has 0 radical (unpaired) electrons. The van der Waals surface area contributed by atoms with E-state index < -0.39 is 0 Å². The van der Waals surface area contributed by atoms with E-state index in [9.17, 15) is 4.79 Å². The Morgan fingerprint density at radius 1 is 1.21 bits per heavy atom. The summed E-state index contributed by atoms with van der Waals surface area (Å²) in [4.78, 5) is 12.0. The fourth-order valence-electron chi connectivity index (χ4n) is 1.65. The van der Waals surface area contributed by atoms with Crippen LogP contribution in [-0.2, 0) is 6.61 Å². The predicted octanol–water partition coefficient (Wildman–Crippen LogP) is 2.30. The van der Waals surface area contributed by atoms with Gasteiger partial charge in [-0.15, -0.1) is 0 Å². The third-order valence-electron chi connectivity index (χ3n) is 2.64. The second-order valence-corrected chi connectivity index (χ2v) is 4.00. The molecule has 4 heteroatoms. The van der Waals surface area contributed by atoms with Crippen molar-refractivity contribution in [1.29, 1.82) is 5.26 Å². The van der Waals surface area contributed by atoms with Gasteiger partial charge < -0.3 is 10.4 Å². The molecular weight excluding hydrogens is 240 g/mol. The van der Waals surface area contributed by atoms with Gasteiger partial charge in [-0.1, -0.05) is 12.1 Å². The first-order valence-corrected chi connectivity index (χ1v) is 5.74. The first kappa shape index (κ1) is 12.8. The Balaban J connectivity index is 2.13. The second kappa shape index (κ2) is 5.80. The molecule has 2 aromatic carbocycles. The quantitative estimate of drug-likeness (QED) is 0.880. The number of hydrogen-bond donors (Lipinski definition) is 2. The minimum Gasteiger partial charge on any atom is -0.392 e. The SMILES string of the molecule is N#Cc1ccc(C(=O)Nc2cccc(CO)c2)cc1. The van der Waals surface area contributed by atoms with Crippen LogP contribution in [0.2, 0.25) is 0 Å². The van der Waals surface area contributed by atoms with Crippen molar-refractivity contribution < 1.29 is 9.90 Å². The molecule has 0 spiro atoms. The summed E-state index contributed by atoms with van der Waals surface area (Å²) in [5.74, 6) is -0.250. The Morgan fingerprint density at radius 3 is 2.58 bits per heavy atom. The van der Waals surface area contributed by atoms with Crippen LogP contribution in [0, 0.1) is 11.3 Å². The normalized spacial score (nSPS) is 9.68. The molecule has 0 atom stereocenters. The molecule has 0 bridgehead atoms. The number of anilines is 1. The maximum Gasteiger partial charge on any atom is 0.255 e. The molecule has 0 aliphatic heterocycles. The average molecular weight is 252 g/mol. The Labute approximate surface area is 110 Å². The number of benzene rings is 2. The number of nitriles is 1. The molecule has 2 N–H and O–H groups in total. The molecule has 0 aromatic heterocycles. The number of amides is 1. The number of nitrogens with zero attached hydrogens (tertiary/aromatic N) is 1. The Kier molecular flexibility index (Phi) is 3.91. The van der Waals surface area contributed by atoms with E-state index in [2.05, 4.69) is 5.32 Å². The third kappa shape index (κ3) is 3.18. The van der Waals surface area contributed by atoms with Crippen LogP contribution in [-0.4, -0.2) is 11.0 Å². The summed E-state index contributed by atoms with van der Waals surface area (Å²) in [6, 6.07) is 15.4. The van der Waals surface area contributed by atoms with E-state index in [4.69, 9.17) is 10.4 Å². The maximum absolute atomic E-state index is 12.0. The first-order chi connectivity index (χ1) is 9.22. The largest absolute Gasteiger partial charge is 0.392 e. The van der Waals surface area contributed by atoms with Crippen molar-refractivity contribution in [3.63, 3.8) is 0 Å². The number of carbonyl (C=O) groups excluding carboxylic acids is 1. The molecule has 0 aliphatic carbocycles. The van der Waals surface area contributed by atoms with Gasteiger partial charge in [0.05, 0.1) is 18.2 Å². The molecule has 4 nitrogen and oxygen atoms in total. The van der Waals surface area contributed by atoms with Gasteiger partial charge >= 0.3 is 0 Å². The summed E-state index contributed by atoms with van der Waals surface area (Å²) in [6.45, 7) is -0.0689. The fraction of sp³-hybridized carbons (Fsp3) is 0.0667. The summed E-state index contributed by atoms with van der Waals surface area (Å²) in [6.07, 6.45) is 0. The lowest BCUT2D eigenvalue weighted by Gasteiger charge is -2.06. The van der Waals surface area contributed by atoms with Crippen molar-refractivity contribution in [2.75, 3.05) is 5.32 Å². The summed E-state index contributed by atoms with van der Waals surface area (Å²) < 4.78 is 0. The summed E-state index contributed by atoms with van der Waals surface area (Å²) in [5, 5.41) is 20.5. The highest BCUT2D eigenvalue weighted by Crippen LogP contribution is 2.12. The number of aliphatic hydroxyl groups excluding tert-OH is 1. The zero-order chi connectivity index (χ0) is 13.7. The highest BCUT2D eigenvalue weighted by Gasteiger charge is 2.06. The van der Waals surface area contributed by atoms with Gasteiger partial charge in [-0.25, -0.2) is 0 Å². The molecular formula is C15H12N2O2. The molecule has 0 heterocycles. The van der Waals surface area contributed by atoms with Crippen LogP contribution in [0.15, 0.2) is 48.5 Å². The van der Waals surface area contributed by atoms with E-state index in [0.29, 0.717) is 16.8 Å². The topological polar surface area (TPSA) is 73.1 Å². The summed E-state index contributed by atoms with van der Waals surface area (Å²) >= 11 is 0. The monoisotopic (exact) mass is 252 g/mol. The van der Waals surface area contributed by atoms with Gasteiger partial charge in [0.2, 0.25) is 0 Å². The number of nitrogens with one attached hydrogen (secondary N) is 1. The second-order valence-electron chi connectivity index (χ2n) is 4.00. The van der Waals surface area contributed by atoms with Gasteiger partial charge in [0.25, 0.3) is 5.91 Å². The first-order valence-electron chi connectivity index (χ1n) is 5.74. The Bertz CT molecular complexity index is 627. The summed E-state index contributed by atoms with van der Waals surface area (Å²) in [5.41, 5.74) is 2.35. The van der Waals surface area contributed by atoms with Crippen LogP contribution in [0.1, 0.15) is 21.5 Å². The van der Waals surface area contributed by atoms with Crippen LogP contribution >= 0.6 is 0 Å². The third-order valence-corrected chi connectivity index (χ3v) is 2.64. The molecule has 2 rings (SSSR count). The number of rotatable bonds is 3. The predicted molar refractivity (Wildman–Crippen MR) is 71.5 cm³/mol. The van der Waals surface area contributed by atoms with Crippen molar-refractivity contribution in [3.05, 3.63) is 65.2 Å². The smallest absolute Gasteiger partial charge is 0.255 e. The van der Waals surface area contributed by atoms with Crippen molar-refractivity contribution in [3.8, 4) is 6.07 Å².